The number of carbonyl (C=O) groups is 1. The lowest BCUT2D eigenvalue weighted by atomic mass is 9.90. The van der Waals surface area contributed by atoms with E-state index in [4.69, 9.17) is 16.3 Å². The van der Waals surface area contributed by atoms with Gasteiger partial charge in [0, 0.05) is 39.1 Å². The van der Waals surface area contributed by atoms with Crippen LogP contribution < -0.4 is 10.1 Å². The summed E-state index contributed by atoms with van der Waals surface area (Å²) in [6.45, 7) is 3.92. The monoisotopic (exact) mass is 674 g/mol. The van der Waals surface area contributed by atoms with E-state index in [0.29, 0.717) is 49.7 Å². The van der Waals surface area contributed by atoms with Gasteiger partial charge >= 0.3 is 6.18 Å². The summed E-state index contributed by atoms with van der Waals surface area (Å²) in [5.41, 5.74) is 4.01. The van der Waals surface area contributed by atoms with Gasteiger partial charge in [-0.1, -0.05) is 96.5 Å². The fourth-order valence-electron chi connectivity index (χ4n) is 5.79. The molecule has 48 heavy (non-hydrogen) atoms. The quantitative estimate of drug-likeness (QED) is 0.120. The first kappa shape index (κ1) is 34.7. The van der Waals surface area contributed by atoms with Crippen molar-refractivity contribution in [3.05, 3.63) is 153 Å². The van der Waals surface area contributed by atoms with E-state index in [0.717, 1.165) is 28.3 Å². The van der Waals surface area contributed by atoms with Crippen LogP contribution in [0.25, 0.3) is 0 Å². The van der Waals surface area contributed by atoms with Crippen molar-refractivity contribution < 1.29 is 22.7 Å². The van der Waals surface area contributed by atoms with Crippen LogP contribution in [0, 0.1) is 6.92 Å². The molecular weight excluding hydrogens is 637 g/mol. The van der Waals surface area contributed by atoms with Gasteiger partial charge in [0.05, 0.1) is 23.4 Å². The number of ether oxygens (including phenoxy) is 1. The molecule has 0 radical (unpaired) electrons. The fourth-order valence-corrected chi connectivity index (χ4v) is 6.08. The van der Waals surface area contributed by atoms with Crippen LogP contribution in [-0.2, 0) is 26.3 Å². The van der Waals surface area contributed by atoms with Gasteiger partial charge in [0.1, 0.15) is 11.4 Å². The number of amides is 1. The van der Waals surface area contributed by atoms with Crippen molar-refractivity contribution in [3.63, 3.8) is 0 Å². The summed E-state index contributed by atoms with van der Waals surface area (Å²) in [5.74, 6) is 0.446. The zero-order valence-electron chi connectivity index (χ0n) is 26.9. The predicted molar refractivity (Wildman–Crippen MR) is 182 cm³/mol. The van der Waals surface area contributed by atoms with E-state index in [1.807, 2.05) is 67.6 Å². The van der Waals surface area contributed by atoms with E-state index >= 15 is 0 Å². The molecule has 1 amide bonds. The molecule has 0 aliphatic heterocycles. The van der Waals surface area contributed by atoms with E-state index < -0.39 is 11.7 Å². The molecule has 1 aromatic heterocycles. The summed E-state index contributed by atoms with van der Waals surface area (Å²) in [7, 11) is 1.73. The lowest BCUT2D eigenvalue weighted by molar-refractivity contribution is -0.137. The van der Waals surface area contributed by atoms with Gasteiger partial charge in [0.2, 0.25) is 0 Å². The molecule has 0 aliphatic rings. The minimum Gasteiger partial charge on any atom is -0.494 e. The summed E-state index contributed by atoms with van der Waals surface area (Å²) in [6, 6.07) is 31.8. The molecule has 4 aromatic carbocycles. The molecule has 250 valence electrons. The topological polar surface area (TPSA) is 59.4 Å². The van der Waals surface area contributed by atoms with Crippen LogP contribution in [0.3, 0.4) is 0 Å². The maximum absolute atomic E-state index is 13.7. The highest BCUT2D eigenvalue weighted by Crippen LogP contribution is 2.37. The van der Waals surface area contributed by atoms with Gasteiger partial charge in [0.15, 0.2) is 0 Å². The Kier molecular flexibility index (Phi) is 11.6. The Morgan fingerprint density at radius 2 is 1.62 bits per heavy atom. The first-order chi connectivity index (χ1) is 23.1. The number of nitrogens with one attached hydrogen (secondary N) is 1. The Hall–Kier alpha value is -4.60. The molecule has 0 unspecified atom stereocenters. The Morgan fingerprint density at radius 3 is 2.25 bits per heavy atom. The highest BCUT2D eigenvalue weighted by Gasteiger charge is 2.34. The molecule has 0 fully saturated rings. The van der Waals surface area contributed by atoms with Crippen LogP contribution in [-0.4, -0.2) is 40.3 Å². The number of carbonyl (C=O) groups excluding carboxylic acids is 1. The van der Waals surface area contributed by atoms with Gasteiger partial charge in [-0.15, -0.1) is 0 Å². The van der Waals surface area contributed by atoms with E-state index in [-0.39, 0.29) is 23.4 Å². The molecule has 1 N–H and O–H groups in total. The maximum atomic E-state index is 13.7. The molecule has 5 rings (SSSR count). The Morgan fingerprint density at radius 1 is 0.958 bits per heavy atom. The third-order valence-corrected chi connectivity index (χ3v) is 8.64. The van der Waals surface area contributed by atoms with Gasteiger partial charge in [-0.3, -0.25) is 14.4 Å². The van der Waals surface area contributed by atoms with Crippen molar-refractivity contribution in [1.29, 1.82) is 0 Å². The number of hydrogen-bond donors (Lipinski definition) is 1. The second-order valence-electron chi connectivity index (χ2n) is 11.7. The lowest BCUT2D eigenvalue weighted by Crippen LogP contribution is -2.31. The molecule has 0 saturated carbocycles. The van der Waals surface area contributed by atoms with Gasteiger partial charge in [-0.2, -0.15) is 18.3 Å². The number of hydrogen-bond acceptors (Lipinski definition) is 4. The SMILES string of the molecule is Cc1cnn(C)c1C(=O)NCc1cccc(OCCCN(Cc2cccc(C(F)(F)F)c2Cl)CC(c2ccccc2)c2ccccc2)c1. The lowest BCUT2D eigenvalue weighted by Gasteiger charge is -2.29. The number of aromatic nitrogens is 2. The highest BCUT2D eigenvalue weighted by molar-refractivity contribution is 6.32. The van der Waals surface area contributed by atoms with Crippen molar-refractivity contribution in [2.24, 2.45) is 7.05 Å². The van der Waals surface area contributed by atoms with Crippen molar-refractivity contribution in [2.45, 2.75) is 38.5 Å². The molecule has 0 spiro atoms. The van der Waals surface area contributed by atoms with Crippen LogP contribution in [0.1, 0.15) is 56.2 Å². The Labute approximate surface area is 284 Å². The summed E-state index contributed by atoms with van der Waals surface area (Å²) in [6.07, 6.45) is -2.27. The van der Waals surface area contributed by atoms with E-state index in [2.05, 4.69) is 39.6 Å². The van der Waals surface area contributed by atoms with Crippen molar-refractivity contribution in [3.8, 4) is 5.75 Å². The normalized spacial score (nSPS) is 11.7. The number of halogens is 4. The second kappa shape index (κ2) is 16.0. The van der Waals surface area contributed by atoms with Crippen molar-refractivity contribution >= 4 is 17.5 Å². The fraction of sp³-hybridized carbons (Fsp3) is 0.263. The molecule has 1 heterocycles. The van der Waals surface area contributed by atoms with E-state index in [9.17, 15) is 18.0 Å². The van der Waals surface area contributed by atoms with Gasteiger partial charge in [-0.25, -0.2) is 0 Å². The third-order valence-electron chi connectivity index (χ3n) is 8.20. The van der Waals surface area contributed by atoms with Gasteiger partial charge in [-0.05, 0) is 59.4 Å². The molecule has 0 saturated heterocycles. The second-order valence-corrected chi connectivity index (χ2v) is 12.1. The molecule has 10 heteroatoms. The first-order valence-corrected chi connectivity index (χ1v) is 16.1. The zero-order valence-corrected chi connectivity index (χ0v) is 27.6. The number of benzene rings is 4. The smallest absolute Gasteiger partial charge is 0.417 e. The third kappa shape index (κ3) is 9.05. The van der Waals surface area contributed by atoms with E-state index in [1.165, 1.54) is 6.07 Å². The Balaban J connectivity index is 1.27. The summed E-state index contributed by atoms with van der Waals surface area (Å²) < 4.78 is 48.8. The minimum absolute atomic E-state index is 0.0140. The summed E-state index contributed by atoms with van der Waals surface area (Å²) in [4.78, 5) is 14.8. The molecule has 5 aromatic rings. The van der Waals surface area contributed by atoms with Crippen molar-refractivity contribution in [1.82, 2.24) is 20.0 Å². The average molecular weight is 675 g/mol. The van der Waals surface area contributed by atoms with Gasteiger partial charge < -0.3 is 10.1 Å². The molecular formula is C38H38ClF3N4O2. The van der Waals surface area contributed by atoms with Crippen LogP contribution >= 0.6 is 11.6 Å². The first-order valence-electron chi connectivity index (χ1n) is 15.8. The average Bonchev–Trinajstić information content (AvgIpc) is 3.42. The van der Waals surface area contributed by atoms with Crippen LogP contribution in [0.2, 0.25) is 5.02 Å². The molecule has 0 aliphatic carbocycles. The van der Waals surface area contributed by atoms with Gasteiger partial charge in [0.25, 0.3) is 5.91 Å². The maximum Gasteiger partial charge on any atom is 0.417 e. The number of aryl methyl sites for hydroxylation is 2. The van der Waals surface area contributed by atoms with Crippen LogP contribution in [0.15, 0.2) is 109 Å². The summed E-state index contributed by atoms with van der Waals surface area (Å²) in [5, 5.41) is 6.79. The van der Waals surface area contributed by atoms with Crippen molar-refractivity contribution in [2.75, 3.05) is 19.7 Å². The molecule has 0 bridgehead atoms. The van der Waals surface area contributed by atoms with E-state index in [1.54, 1.807) is 24.0 Å². The summed E-state index contributed by atoms with van der Waals surface area (Å²) >= 11 is 6.35. The Bertz CT molecular complexity index is 1740. The zero-order chi connectivity index (χ0) is 34.1. The molecule has 0 atom stereocenters. The number of rotatable bonds is 14. The van der Waals surface area contributed by atoms with Crippen LogP contribution in [0.5, 0.6) is 5.75 Å². The number of alkyl halides is 3. The highest BCUT2D eigenvalue weighted by atomic mass is 35.5. The standard InChI is InChI=1S/C38H38ClF3N4O2/c1-27-23-44-45(2)36(27)37(47)43-24-28-12-9-18-32(22-28)48-21-11-20-46(25-31-17-10-19-34(35(31)39)38(40,41)42)26-33(29-13-5-3-6-14-29)30-15-7-4-8-16-30/h3-10,12-19,22-23,33H,11,20-21,24-26H2,1-2H3,(H,43,47). The molecule has 6 nitrogen and oxygen atoms in total. The minimum atomic E-state index is -4.54. The van der Waals surface area contributed by atoms with Crippen LogP contribution in [0.4, 0.5) is 13.2 Å². The predicted octanol–water partition coefficient (Wildman–Crippen LogP) is 8.43. The largest absolute Gasteiger partial charge is 0.494 e. The number of nitrogens with zero attached hydrogens (tertiary/aromatic N) is 3.